The largest absolute Gasteiger partial charge is 0.482 e. The fraction of sp³-hybridized carbons (Fsp3) is 0.318. The van der Waals surface area contributed by atoms with Gasteiger partial charge >= 0.3 is 0 Å². The number of piperazine rings is 1. The summed E-state index contributed by atoms with van der Waals surface area (Å²) >= 11 is 0. The Bertz CT molecular complexity index is 1040. The van der Waals surface area contributed by atoms with Crippen molar-refractivity contribution in [3.8, 4) is 5.75 Å². The van der Waals surface area contributed by atoms with Crippen LogP contribution in [0.5, 0.6) is 5.75 Å². The van der Waals surface area contributed by atoms with Gasteiger partial charge < -0.3 is 15.0 Å². The molecule has 5 rings (SSSR count). The number of aromatic nitrogens is 2. The third kappa shape index (κ3) is 3.73. The zero-order chi connectivity index (χ0) is 19.6. The minimum atomic E-state index is -0.0944. The number of rotatable bonds is 4. The number of ether oxygens (including phenoxy) is 1. The predicted octanol–water partition coefficient (Wildman–Crippen LogP) is 2.33. The zero-order valence-electron chi connectivity index (χ0n) is 16.2. The molecular weight excluding hydrogens is 366 g/mol. The number of nitrogens with one attached hydrogen (secondary N) is 1. The Morgan fingerprint density at radius 1 is 1.03 bits per heavy atom. The van der Waals surface area contributed by atoms with Crippen molar-refractivity contribution in [3.63, 3.8) is 0 Å². The van der Waals surface area contributed by atoms with Crippen molar-refractivity contribution >= 4 is 28.3 Å². The highest BCUT2D eigenvalue weighted by atomic mass is 16.5. The second kappa shape index (κ2) is 7.67. The maximum atomic E-state index is 11.5. The first-order valence-electron chi connectivity index (χ1n) is 9.99. The van der Waals surface area contributed by atoms with Crippen LogP contribution in [0, 0.1) is 0 Å². The van der Waals surface area contributed by atoms with E-state index >= 15 is 0 Å². The number of hydrogen-bond acceptors (Lipinski definition) is 6. The quantitative estimate of drug-likeness (QED) is 0.739. The molecule has 0 radical (unpaired) electrons. The van der Waals surface area contributed by atoms with Crippen LogP contribution in [0.15, 0.2) is 48.8 Å². The van der Waals surface area contributed by atoms with Crippen molar-refractivity contribution < 1.29 is 9.53 Å². The lowest BCUT2D eigenvalue weighted by molar-refractivity contribution is -0.118. The summed E-state index contributed by atoms with van der Waals surface area (Å²) in [6, 6.07) is 12.1. The Labute approximate surface area is 169 Å². The van der Waals surface area contributed by atoms with E-state index in [1.807, 2.05) is 36.7 Å². The summed E-state index contributed by atoms with van der Waals surface area (Å²) in [6.07, 6.45) is 4.61. The number of nitrogens with zero attached hydrogens (tertiary/aromatic N) is 4. The number of carbonyl (C=O) groups is 1. The van der Waals surface area contributed by atoms with Crippen LogP contribution in [0.3, 0.4) is 0 Å². The van der Waals surface area contributed by atoms with Crippen LogP contribution in [-0.4, -0.2) is 60.1 Å². The van der Waals surface area contributed by atoms with Crippen LogP contribution in [0.25, 0.3) is 10.9 Å². The molecule has 29 heavy (non-hydrogen) atoms. The average Bonchev–Trinajstić information content (AvgIpc) is 2.77. The van der Waals surface area contributed by atoms with E-state index in [2.05, 4.69) is 37.2 Å². The first kappa shape index (κ1) is 17.9. The van der Waals surface area contributed by atoms with Crippen molar-refractivity contribution in [2.75, 3.05) is 49.5 Å². The second-order valence-corrected chi connectivity index (χ2v) is 7.45. The van der Waals surface area contributed by atoms with Crippen molar-refractivity contribution in [1.29, 1.82) is 0 Å². The number of carbonyl (C=O) groups excluding carboxylic acids is 1. The monoisotopic (exact) mass is 389 g/mol. The SMILES string of the molecule is O=C1COc2ccc(CCN3CCN(c4nccc5ncccc45)CC3)cc2N1. The molecular formula is C22H23N5O2. The van der Waals surface area contributed by atoms with Gasteiger partial charge in [0, 0.05) is 50.5 Å². The smallest absolute Gasteiger partial charge is 0.262 e. The van der Waals surface area contributed by atoms with Crippen LogP contribution < -0.4 is 15.0 Å². The van der Waals surface area contributed by atoms with Crippen LogP contribution in [0.2, 0.25) is 0 Å². The van der Waals surface area contributed by atoms with Crippen LogP contribution in [-0.2, 0) is 11.2 Å². The topological polar surface area (TPSA) is 70.6 Å². The summed E-state index contributed by atoms with van der Waals surface area (Å²) in [4.78, 5) is 25.4. The van der Waals surface area contributed by atoms with Gasteiger partial charge in [-0.2, -0.15) is 0 Å². The maximum absolute atomic E-state index is 11.5. The molecule has 7 heteroatoms. The van der Waals surface area contributed by atoms with E-state index in [9.17, 15) is 4.79 Å². The number of benzene rings is 1. The van der Waals surface area contributed by atoms with Gasteiger partial charge in [-0.15, -0.1) is 0 Å². The van der Waals surface area contributed by atoms with Gasteiger partial charge in [0.2, 0.25) is 0 Å². The second-order valence-electron chi connectivity index (χ2n) is 7.45. The molecule has 1 aromatic carbocycles. The molecule has 0 unspecified atom stereocenters. The molecule has 2 aliphatic rings. The summed E-state index contributed by atoms with van der Waals surface area (Å²) in [5, 5.41) is 3.99. The Morgan fingerprint density at radius 2 is 1.93 bits per heavy atom. The maximum Gasteiger partial charge on any atom is 0.262 e. The summed E-state index contributed by atoms with van der Waals surface area (Å²) in [6.45, 7) is 5.00. The highest BCUT2D eigenvalue weighted by molar-refractivity contribution is 5.95. The van der Waals surface area contributed by atoms with E-state index in [1.54, 1.807) is 0 Å². The van der Waals surface area contributed by atoms with E-state index in [0.717, 1.165) is 67.3 Å². The molecule has 0 bridgehead atoms. The highest BCUT2D eigenvalue weighted by Gasteiger charge is 2.20. The van der Waals surface area contributed by atoms with Crippen molar-refractivity contribution in [1.82, 2.24) is 14.9 Å². The summed E-state index contributed by atoms with van der Waals surface area (Å²) in [7, 11) is 0. The van der Waals surface area contributed by atoms with Crippen LogP contribution in [0.1, 0.15) is 5.56 Å². The lowest BCUT2D eigenvalue weighted by Crippen LogP contribution is -2.47. The number of hydrogen-bond donors (Lipinski definition) is 1. The summed E-state index contributed by atoms with van der Waals surface area (Å²) in [5.74, 6) is 1.68. The first-order valence-corrected chi connectivity index (χ1v) is 9.99. The van der Waals surface area contributed by atoms with Gasteiger partial charge in [0.15, 0.2) is 6.61 Å². The van der Waals surface area contributed by atoms with E-state index in [1.165, 1.54) is 5.56 Å². The highest BCUT2D eigenvalue weighted by Crippen LogP contribution is 2.29. The number of fused-ring (bicyclic) bond motifs is 2. The van der Waals surface area contributed by atoms with E-state index in [4.69, 9.17) is 4.74 Å². The molecule has 7 nitrogen and oxygen atoms in total. The van der Waals surface area contributed by atoms with Gasteiger partial charge in [-0.25, -0.2) is 4.98 Å². The lowest BCUT2D eigenvalue weighted by Gasteiger charge is -2.35. The molecule has 1 fully saturated rings. The molecule has 0 aliphatic carbocycles. The molecule has 1 N–H and O–H groups in total. The van der Waals surface area contributed by atoms with E-state index in [0.29, 0.717) is 0 Å². The van der Waals surface area contributed by atoms with Crippen molar-refractivity contribution in [2.24, 2.45) is 0 Å². The summed E-state index contributed by atoms with van der Waals surface area (Å²) < 4.78 is 5.43. The number of amides is 1. The average molecular weight is 389 g/mol. The molecule has 0 spiro atoms. The van der Waals surface area contributed by atoms with Gasteiger partial charge in [0.1, 0.15) is 11.6 Å². The Morgan fingerprint density at radius 3 is 2.83 bits per heavy atom. The molecule has 0 saturated carbocycles. The standard InChI is InChI=1S/C22H23N5O2/c28-21-15-29-20-4-3-16(14-19(20)25-21)6-9-26-10-12-27(13-11-26)22-17-2-1-7-23-18(17)5-8-24-22/h1-5,7-8,14H,6,9-13,15H2,(H,25,28). The molecule has 1 saturated heterocycles. The summed E-state index contributed by atoms with van der Waals surface area (Å²) in [5.41, 5.74) is 2.97. The molecule has 1 amide bonds. The normalized spacial score (nSPS) is 17.0. The Balaban J connectivity index is 1.19. The van der Waals surface area contributed by atoms with Gasteiger partial charge in [-0.05, 0) is 42.3 Å². The number of anilines is 2. The Kier molecular flexibility index (Phi) is 4.73. The molecule has 0 atom stereocenters. The lowest BCUT2D eigenvalue weighted by atomic mass is 10.1. The minimum Gasteiger partial charge on any atom is -0.482 e. The molecule has 2 aliphatic heterocycles. The van der Waals surface area contributed by atoms with Crippen molar-refractivity contribution in [3.05, 3.63) is 54.4 Å². The van der Waals surface area contributed by atoms with Gasteiger partial charge in [0.25, 0.3) is 5.91 Å². The van der Waals surface area contributed by atoms with E-state index in [-0.39, 0.29) is 12.5 Å². The molecule has 3 aromatic rings. The van der Waals surface area contributed by atoms with Crippen LogP contribution in [0.4, 0.5) is 11.5 Å². The minimum absolute atomic E-state index is 0.0944. The molecule has 148 valence electrons. The molecule has 4 heterocycles. The third-order valence-corrected chi connectivity index (χ3v) is 5.57. The van der Waals surface area contributed by atoms with Crippen molar-refractivity contribution in [2.45, 2.75) is 6.42 Å². The third-order valence-electron chi connectivity index (χ3n) is 5.57. The fourth-order valence-electron chi connectivity index (χ4n) is 4.00. The molecule has 2 aromatic heterocycles. The zero-order valence-corrected chi connectivity index (χ0v) is 16.2. The van der Waals surface area contributed by atoms with Gasteiger partial charge in [-0.1, -0.05) is 6.07 Å². The Hall–Kier alpha value is -3.19. The van der Waals surface area contributed by atoms with Crippen LogP contribution >= 0.6 is 0 Å². The van der Waals surface area contributed by atoms with E-state index < -0.39 is 0 Å². The first-order chi connectivity index (χ1) is 14.3. The van der Waals surface area contributed by atoms with Gasteiger partial charge in [0.05, 0.1) is 11.2 Å². The number of pyridine rings is 2. The predicted molar refractivity (Wildman–Crippen MR) is 112 cm³/mol. The fourth-order valence-corrected chi connectivity index (χ4v) is 4.00. The van der Waals surface area contributed by atoms with Gasteiger partial charge in [-0.3, -0.25) is 14.7 Å².